The van der Waals surface area contributed by atoms with Crippen LogP contribution in [-0.4, -0.2) is 28.3 Å². The van der Waals surface area contributed by atoms with Gasteiger partial charge in [-0.05, 0) is 42.9 Å². The average Bonchev–Trinajstić information content (AvgIpc) is 2.63. The second-order valence-corrected chi connectivity index (χ2v) is 7.97. The summed E-state index contributed by atoms with van der Waals surface area (Å²) in [5.41, 5.74) is 2.72. The minimum atomic E-state index is -0.839. The number of carboxylic acids is 1. The minimum Gasteiger partial charge on any atom is -0.481 e. The lowest BCUT2D eigenvalue weighted by Gasteiger charge is -2.22. The number of thioether (sulfide) groups is 1. The van der Waals surface area contributed by atoms with Crippen LogP contribution in [0.3, 0.4) is 0 Å². The summed E-state index contributed by atoms with van der Waals surface area (Å²) < 4.78 is 14.2. The zero-order valence-corrected chi connectivity index (χ0v) is 16.9. The van der Waals surface area contributed by atoms with Crippen molar-refractivity contribution in [2.75, 3.05) is 12.3 Å². The zero-order valence-electron chi connectivity index (χ0n) is 16.1. The highest BCUT2D eigenvalue weighted by atomic mass is 32.2. The summed E-state index contributed by atoms with van der Waals surface area (Å²) >= 11 is 1.84. The van der Waals surface area contributed by atoms with Gasteiger partial charge in [-0.25, -0.2) is 4.39 Å². The fourth-order valence-electron chi connectivity index (χ4n) is 2.86. The van der Waals surface area contributed by atoms with Gasteiger partial charge in [0.15, 0.2) is 0 Å². The highest BCUT2D eigenvalue weighted by Gasteiger charge is 2.13. The largest absolute Gasteiger partial charge is 0.481 e. The van der Waals surface area contributed by atoms with E-state index < -0.39 is 5.97 Å². The first-order valence-corrected chi connectivity index (χ1v) is 10.4. The third-order valence-corrected chi connectivity index (χ3v) is 5.39. The minimum absolute atomic E-state index is 0.0401. The quantitative estimate of drug-likeness (QED) is 0.407. The second-order valence-electron chi connectivity index (χ2n) is 6.80. The number of halogens is 1. The number of hydrogen-bond acceptors (Lipinski definition) is 3. The van der Waals surface area contributed by atoms with Crippen LogP contribution in [-0.2, 0) is 17.9 Å². The molecule has 146 valence electrons. The predicted molar refractivity (Wildman–Crippen MR) is 110 cm³/mol. The molecule has 0 aliphatic heterocycles. The fraction of sp³-hybridized carbons (Fsp3) is 0.409. The van der Waals surface area contributed by atoms with Gasteiger partial charge in [-0.15, -0.1) is 11.8 Å². The van der Waals surface area contributed by atoms with Crippen molar-refractivity contribution >= 4 is 17.7 Å². The van der Waals surface area contributed by atoms with Crippen molar-refractivity contribution in [2.45, 2.75) is 51.1 Å². The van der Waals surface area contributed by atoms with E-state index in [2.05, 4.69) is 19.1 Å². The van der Waals surface area contributed by atoms with Crippen molar-refractivity contribution in [1.29, 1.82) is 0 Å². The van der Waals surface area contributed by atoms with Gasteiger partial charge in [0.2, 0.25) is 0 Å². The Morgan fingerprint density at radius 1 is 1.19 bits per heavy atom. The van der Waals surface area contributed by atoms with E-state index in [0.29, 0.717) is 25.2 Å². The van der Waals surface area contributed by atoms with Crippen LogP contribution in [0.5, 0.6) is 0 Å². The van der Waals surface area contributed by atoms with Crippen LogP contribution < -0.4 is 0 Å². The molecule has 0 spiro atoms. The van der Waals surface area contributed by atoms with Gasteiger partial charge in [-0.3, -0.25) is 9.69 Å². The monoisotopic (exact) mass is 389 g/mol. The number of carbonyl (C=O) groups is 1. The Bertz CT molecular complexity index is 751. The first-order valence-electron chi connectivity index (χ1n) is 9.39. The molecule has 0 fully saturated rings. The molecule has 3 nitrogen and oxygen atoms in total. The van der Waals surface area contributed by atoms with Crippen LogP contribution in [0.2, 0.25) is 0 Å². The lowest BCUT2D eigenvalue weighted by Crippen LogP contribution is -2.26. The summed E-state index contributed by atoms with van der Waals surface area (Å²) in [6, 6.07) is 13.4. The third-order valence-electron chi connectivity index (χ3n) is 4.31. The van der Waals surface area contributed by atoms with Gasteiger partial charge in [0, 0.05) is 30.1 Å². The summed E-state index contributed by atoms with van der Waals surface area (Å²) in [4.78, 5) is 14.3. The summed E-state index contributed by atoms with van der Waals surface area (Å²) in [6.45, 7) is 5.50. The number of aliphatic carboxylic acids is 1. The summed E-state index contributed by atoms with van der Waals surface area (Å²) in [6.07, 6.45) is 2.41. The molecule has 2 rings (SSSR count). The molecule has 0 bridgehead atoms. The summed E-state index contributed by atoms with van der Waals surface area (Å²) in [5.74, 6) is 0.00960. The number of aryl methyl sites for hydroxylation is 1. The maximum atomic E-state index is 14.2. The Balaban J connectivity index is 2.10. The number of hydrogen-bond donors (Lipinski definition) is 1. The molecule has 0 unspecified atom stereocenters. The first-order chi connectivity index (χ1) is 13.0. The van der Waals surface area contributed by atoms with Gasteiger partial charge in [0.1, 0.15) is 5.82 Å². The predicted octanol–water partition coefficient (Wildman–Crippen LogP) is 5.50. The fourth-order valence-corrected chi connectivity index (χ4v) is 3.94. The topological polar surface area (TPSA) is 40.5 Å². The number of rotatable bonds is 11. The second kappa shape index (κ2) is 11.1. The zero-order chi connectivity index (χ0) is 19.6. The Kier molecular flexibility index (Phi) is 8.82. The lowest BCUT2D eigenvalue weighted by molar-refractivity contribution is -0.137. The molecule has 0 atom stereocenters. The Labute approximate surface area is 165 Å². The molecule has 2 aromatic rings. The lowest BCUT2D eigenvalue weighted by atomic mass is 10.1. The molecule has 0 saturated heterocycles. The molecule has 0 heterocycles. The first kappa shape index (κ1) is 21.5. The molecule has 27 heavy (non-hydrogen) atoms. The molecule has 0 aliphatic rings. The van der Waals surface area contributed by atoms with Crippen LogP contribution in [0.1, 0.15) is 42.9 Å². The molecule has 5 heteroatoms. The molecule has 0 aliphatic carbocycles. The number of unbranched alkanes of at least 4 members (excludes halogenated alkanes) is 1. The summed E-state index contributed by atoms with van der Waals surface area (Å²) in [5, 5.41) is 9.05. The smallest absolute Gasteiger partial charge is 0.304 e. The number of benzene rings is 2. The van der Waals surface area contributed by atoms with Gasteiger partial charge in [-0.2, -0.15) is 0 Å². The van der Waals surface area contributed by atoms with Gasteiger partial charge < -0.3 is 5.11 Å². The standard InChI is InChI=1S/C22H28FNO2S/c1-3-4-12-27-20-7-5-6-18(14-20)15-24(11-10-22(25)26)16-19-13-17(2)8-9-21(19)23/h5-9,13-14H,3-4,10-12,15-16H2,1-2H3,(H,25,26). The van der Waals surface area contributed by atoms with Gasteiger partial charge in [-0.1, -0.05) is 43.2 Å². The van der Waals surface area contributed by atoms with Crippen LogP contribution in [0.4, 0.5) is 4.39 Å². The van der Waals surface area contributed by atoms with Crippen LogP contribution in [0.25, 0.3) is 0 Å². The molecule has 0 aromatic heterocycles. The molecule has 0 saturated carbocycles. The maximum Gasteiger partial charge on any atom is 0.304 e. The van der Waals surface area contributed by atoms with Crippen molar-refractivity contribution in [1.82, 2.24) is 4.90 Å². The molecule has 1 N–H and O–H groups in total. The van der Waals surface area contributed by atoms with E-state index in [4.69, 9.17) is 5.11 Å². The molecule has 0 radical (unpaired) electrons. The van der Waals surface area contributed by atoms with Crippen molar-refractivity contribution < 1.29 is 14.3 Å². The third kappa shape index (κ3) is 7.73. The SMILES string of the molecule is CCCCSc1cccc(CN(CCC(=O)O)Cc2cc(C)ccc2F)c1. The maximum absolute atomic E-state index is 14.2. The van der Waals surface area contributed by atoms with Crippen molar-refractivity contribution in [3.05, 3.63) is 65.0 Å². The molecular formula is C22H28FNO2S. The Morgan fingerprint density at radius 2 is 2.00 bits per heavy atom. The normalized spacial score (nSPS) is 11.1. The van der Waals surface area contributed by atoms with Gasteiger partial charge in [0.25, 0.3) is 0 Å². The van der Waals surface area contributed by atoms with E-state index in [0.717, 1.165) is 16.9 Å². The van der Waals surface area contributed by atoms with Crippen molar-refractivity contribution in [3.8, 4) is 0 Å². The number of nitrogens with zero attached hydrogens (tertiary/aromatic N) is 1. The van der Waals surface area contributed by atoms with E-state index in [-0.39, 0.29) is 12.2 Å². The molecule has 0 amide bonds. The van der Waals surface area contributed by atoms with Crippen LogP contribution in [0, 0.1) is 12.7 Å². The highest BCUT2D eigenvalue weighted by Crippen LogP contribution is 2.22. The summed E-state index contributed by atoms with van der Waals surface area (Å²) in [7, 11) is 0. The van der Waals surface area contributed by atoms with E-state index in [1.54, 1.807) is 6.07 Å². The van der Waals surface area contributed by atoms with Gasteiger partial charge in [0.05, 0.1) is 6.42 Å². The van der Waals surface area contributed by atoms with Crippen LogP contribution >= 0.6 is 11.8 Å². The van der Waals surface area contributed by atoms with E-state index in [1.165, 1.54) is 23.8 Å². The highest BCUT2D eigenvalue weighted by molar-refractivity contribution is 7.99. The van der Waals surface area contributed by atoms with Crippen LogP contribution in [0.15, 0.2) is 47.4 Å². The van der Waals surface area contributed by atoms with E-state index in [9.17, 15) is 9.18 Å². The van der Waals surface area contributed by atoms with Gasteiger partial charge >= 0.3 is 5.97 Å². The Morgan fingerprint density at radius 3 is 2.74 bits per heavy atom. The van der Waals surface area contributed by atoms with Crippen molar-refractivity contribution in [2.24, 2.45) is 0 Å². The average molecular weight is 390 g/mol. The molecule has 2 aromatic carbocycles. The van der Waals surface area contributed by atoms with Crippen molar-refractivity contribution in [3.63, 3.8) is 0 Å². The molecular weight excluding hydrogens is 361 g/mol. The number of carboxylic acid groups (broad SMARTS) is 1. The Hall–Kier alpha value is -1.85. The van der Waals surface area contributed by atoms with E-state index in [1.807, 2.05) is 41.8 Å². The van der Waals surface area contributed by atoms with E-state index >= 15 is 0 Å².